The summed E-state index contributed by atoms with van der Waals surface area (Å²) >= 11 is 0. The normalized spacial score (nSPS) is 14.0. The number of halogens is 3. The number of benzene rings is 2. The van der Waals surface area contributed by atoms with Crippen LogP contribution in [0.1, 0.15) is 56.3 Å². The molecule has 0 heterocycles. The zero-order valence-corrected chi connectivity index (χ0v) is 14.8. The van der Waals surface area contributed by atoms with Crippen molar-refractivity contribution in [3.63, 3.8) is 0 Å². The fourth-order valence-corrected chi connectivity index (χ4v) is 2.60. The van der Waals surface area contributed by atoms with Gasteiger partial charge in [0.05, 0.1) is 11.6 Å². The van der Waals surface area contributed by atoms with Crippen LogP contribution in [0, 0.1) is 5.92 Å². The third kappa shape index (κ3) is 5.73. The summed E-state index contributed by atoms with van der Waals surface area (Å²) in [6.45, 7) is 6.27. The molecular formula is C21H24F3N. The second kappa shape index (κ2) is 8.32. The molecule has 0 aliphatic carbocycles. The molecule has 0 saturated heterocycles. The molecule has 0 spiro atoms. The summed E-state index contributed by atoms with van der Waals surface area (Å²) in [6.07, 6.45) is -2.62. The average Bonchev–Trinajstić information content (AvgIpc) is 2.58. The first-order chi connectivity index (χ1) is 11.8. The second-order valence-electron chi connectivity index (χ2n) is 6.67. The highest BCUT2D eigenvalue weighted by atomic mass is 19.4. The molecule has 2 aromatic rings. The van der Waals surface area contributed by atoms with Crippen molar-refractivity contribution in [1.82, 2.24) is 0 Å². The van der Waals surface area contributed by atoms with Crippen LogP contribution in [0.5, 0.6) is 0 Å². The molecule has 0 radical (unpaired) electrons. The minimum atomic E-state index is -4.31. The summed E-state index contributed by atoms with van der Waals surface area (Å²) in [7, 11) is 0. The molecule has 25 heavy (non-hydrogen) atoms. The van der Waals surface area contributed by atoms with Gasteiger partial charge in [0.25, 0.3) is 0 Å². The summed E-state index contributed by atoms with van der Waals surface area (Å²) in [6, 6.07) is 15.2. The van der Waals surface area contributed by atoms with Crippen LogP contribution in [0.4, 0.5) is 13.2 Å². The first kappa shape index (κ1) is 19.2. The summed E-state index contributed by atoms with van der Waals surface area (Å²) in [5.74, 6) is 0.506. The average molecular weight is 347 g/mol. The molecule has 0 saturated carbocycles. The number of alkyl halides is 3. The molecule has 0 amide bonds. The second-order valence-corrected chi connectivity index (χ2v) is 6.67. The van der Waals surface area contributed by atoms with Gasteiger partial charge in [-0.3, -0.25) is 4.99 Å². The van der Waals surface area contributed by atoms with Crippen molar-refractivity contribution in [3.05, 3.63) is 71.3 Å². The fourth-order valence-electron chi connectivity index (χ4n) is 2.60. The van der Waals surface area contributed by atoms with Gasteiger partial charge in [-0.2, -0.15) is 13.2 Å². The van der Waals surface area contributed by atoms with E-state index in [1.807, 2.05) is 37.3 Å². The minimum absolute atomic E-state index is 0.0364. The molecule has 0 aliphatic heterocycles. The van der Waals surface area contributed by atoms with Crippen molar-refractivity contribution >= 4 is 5.71 Å². The molecule has 0 fully saturated rings. The Morgan fingerprint density at radius 1 is 0.920 bits per heavy atom. The quantitative estimate of drug-likeness (QED) is 0.516. The zero-order valence-electron chi connectivity index (χ0n) is 14.8. The highest BCUT2D eigenvalue weighted by Crippen LogP contribution is 2.29. The molecule has 134 valence electrons. The largest absolute Gasteiger partial charge is 0.416 e. The molecule has 2 aromatic carbocycles. The number of hydrogen-bond donors (Lipinski definition) is 0. The highest BCUT2D eigenvalue weighted by molar-refractivity contribution is 6.00. The van der Waals surface area contributed by atoms with Gasteiger partial charge in [0, 0.05) is 5.71 Å². The standard InChI is InChI=1S/C21H24F3N/c1-15(2)9-14-20(25-16(3)17-7-5-4-6-8-17)18-10-12-19(13-11-18)21(22,23)24/h4-8,10-13,15-16H,9,14H2,1-3H3/t16-/m0/s1. The van der Waals surface area contributed by atoms with Crippen LogP contribution in [-0.4, -0.2) is 5.71 Å². The maximum atomic E-state index is 12.8. The summed E-state index contributed by atoms with van der Waals surface area (Å²) in [5.41, 5.74) is 2.09. The van der Waals surface area contributed by atoms with Crippen molar-refractivity contribution in [1.29, 1.82) is 0 Å². The van der Waals surface area contributed by atoms with Gasteiger partial charge in [0.2, 0.25) is 0 Å². The molecule has 0 N–H and O–H groups in total. The Bertz CT molecular complexity index is 685. The van der Waals surface area contributed by atoms with E-state index in [-0.39, 0.29) is 6.04 Å². The van der Waals surface area contributed by atoms with Gasteiger partial charge in [-0.05, 0) is 48.9 Å². The molecule has 0 aromatic heterocycles. The zero-order chi connectivity index (χ0) is 18.4. The van der Waals surface area contributed by atoms with E-state index in [1.165, 1.54) is 12.1 Å². The van der Waals surface area contributed by atoms with Crippen molar-refractivity contribution in [3.8, 4) is 0 Å². The van der Waals surface area contributed by atoms with E-state index in [1.54, 1.807) is 0 Å². The van der Waals surface area contributed by atoms with Crippen LogP contribution in [0.15, 0.2) is 59.6 Å². The van der Waals surface area contributed by atoms with E-state index in [2.05, 4.69) is 13.8 Å². The number of nitrogens with zero attached hydrogens (tertiary/aromatic N) is 1. The summed E-state index contributed by atoms with van der Waals surface area (Å²) < 4.78 is 38.3. The fraction of sp³-hybridized carbons (Fsp3) is 0.381. The van der Waals surface area contributed by atoms with Crippen LogP contribution >= 0.6 is 0 Å². The van der Waals surface area contributed by atoms with Crippen LogP contribution in [0.3, 0.4) is 0 Å². The minimum Gasteiger partial charge on any atom is -0.281 e. The number of aliphatic imine (C=N–C) groups is 1. The van der Waals surface area contributed by atoms with E-state index in [0.717, 1.165) is 41.8 Å². The Hall–Kier alpha value is -2.10. The van der Waals surface area contributed by atoms with Gasteiger partial charge in [0.1, 0.15) is 0 Å². The van der Waals surface area contributed by atoms with Gasteiger partial charge >= 0.3 is 6.18 Å². The molecule has 2 rings (SSSR count). The van der Waals surface area contributed by atoms with Gasteiger partial charge in [0.15, 0.2) is 0 Å². The number of rotatable bonds is 6. The monoisotopic (exact) mass is 347 g/mol. The van der Waals surface area contributed by atoms with Gasteiger partial charge in [-0.1, -0.05) is 56.3 Å². The summed E-state index contributed by atoms with van der Waals surface area (Å²) in [5, 5.41) is 0. The van der Waals surface area contributed by atoms with Crippen LogP contribution in [0.2, 0.25) is 0 Å². The number of hydrogen-bond acceptors (Lipinski definition) is 1. The van der Waals surface area contributed by atoms with Crippen LogP contribution in [-0.2, 0) is 6.18 Å². The lowest BCUT2D eigenvalue weighted by Crippen LogP contribution is -2.08. The van der Waals surface area contributed by atoms with Gasteiger partial charge in [-0.25, -0.2) is 0 Å². The molecular weight excluding hydrogens is 323 g/mol. The van der Waals surface area contributed by atoms with Gasteiger partial charge in [-0.15, -0.1) is 0 Å². The lowest BCUT2D eigenvalue weighted by Gasteiger charge is -2.14. The van der Waals surface area contributed by atoms with Crippen LogP contribution in [0.25, 0.3) is 0 Å². The Morgan fingerprint density at radius 3 is 2.04 bits per heavy atom. The Kier molecular flexibility index (Phi) is 6.40. The topological polar surface area (TPSA) is 12.4 Å². The SMILES string of the molecule is CC(C)CCC(=N[C@@H](C)c1ccccc1)c1ccc(C(F)(F)F)cc1. The Balaban J connectivity index is 2.30. The third-order valence-corrected chi connectivity index (χ3v) is 4.14. The molecule has 4 heteroatoms. The van der Waals surface area contributed by atoms with E-state index < -0.39 is 11.7 Å². The van der Waals surface area contributed by atoms with Crippen molar-refractivity contribution < 1.29 is 13.2 Å². The lowest BCUT2D eigenvalue weighted by atomic mass is 9.98. The Labute approximate surface area is 147 Å². The van der Waals surface area contributed by atoms with E-state index in [9.17, 15) is 13.2 Å². The first-order valence-corrected chi connectivity index (χ1v) is 8.56. The first-order valence-electron chi connectivity index (χ1n) is 8.56. The van der Waals surface area contributed by atoms with E-state index in [4.69, 9.17) is 4.99 Å². The predicted octanol–water partition coefficient (Wildman–Crippen LogP) is 6.69. The lowest BCUT2D eigenvalue weighted by molar-refractivity contribution is -0.137. The van der Waals surface area contributed by atoms with Gasteiger partial charge < -0.3 is 0 Å². The molecule has 0 bridgehead atoms. The molecule has 0 unspecified atom stereocenters. The maximum Gasteiger partial charge on any atom is 0.416 e. The summed E-state index contributed by atoms with van der Waals surface area (Å²) in [4.78, 5) is 4.82. The smallest absolute Gasteiger partial charge is 0.281 e. The van der Waals surface area contributed by atoms with E-state index >= 15 is 0 Å². The van der Waals surface area contributed by atoms with Crippen molar-refractivity contribution in [2.75, 3.05) is 0 Å². The third-order valence-electron chi connectivity index (χ3n) is 4.14. The predicted molar refractivity (Wildman–Crippen MR) is 96.9 cm³/mol. The van der Waals surface area contributed by atoms with Crippen LogP contribution < -0.4 is 0 Å². The highest BCUT2D eigenvalue weighted by Gasteiger charge is 2.30. The maximum absolute atomic E-state index is 12.8. The van der Waals surface area contributed by atoms with Crippen molar-refractivity contribution in [2.24, 2.45) is 10.9 Å². The molecule has 0 aliphatic rings. The molecule has 1 nitrogen and oxygen atoms in total. The Morgan fingerprint density at radius 2 is 1.52 bits per heavy atom. The van der Waals surface area contributed by atoms with E-state index in [0.29, 0.717) is 5.92 Å². The molecule has 1 atom stereocenters. The van der Waals surface area contributed by atoms with Crippen molar-refractivity contribution in [2.45, 2.75) is 45.8 Å².